The summed E-state index contributed by atoms with van der Waals surface area (Å²) >= 11 is 0. The van der Waals surface area contributed by atoms with E-state index in [9.17, 15) is 0 Å². The first-order valence-electron chi connectivity index (χ1n) is 16.1. The van der Waals surface area contributed by atoms with Gasteiger partial charge in [0.15, 0.2) is 5.82 Å². The predicted molar refractivity (Wildman–Crippen MR) is 194 cm³/mol. The fourth-order valence-corrected chi connectivity index (χ4v) is 6.84. The van der Waals surface area contributed by atoms with Crippen LogP contribution in [0.4, 0.5) is 0 Å². The van der Waals surface area contributed by atoms with E-state index in [1.165, 1.54) is 49.4 Å². The third-order valence-electron chi connectivity index (χ3n) is 9.10. The van der Waals surface area contributed by atoms with Crippen LogP contribution in [0, 0.1) is 5.92 Å². The number of rotatable bonds is 5. The average Bonchev–Trinajstić information content (AvgIpc) is 3.11. The Morgan fingerprint density at radius 3 is 1.85 bits per heavy atom. The maximum absolute atomic E-state index is 5.22. The van der Waals surface area contributed by atoms with Crippen molar-refractivity contribution in [2.45, 2.75) is 20.3 Å². The molecule has 2 nitrogen and oxygen atoms in total. The topological polar surface area (TPSA) is 25.8 Å². The lowest BCUT2D eigenvalue weighted by molar-refractivity contribution is 0.732. The minimum Gasteiger partial charge on any atom is -0.228 e. The number of aromatic nitrogens is 2. The molecule has 2 heteroatoms. The summed E-state index contributed by atoms with van der Waals surface area (Å²) in [6, 6.07) is 49.7. The Bertz CT molecular complexity index is 2240. The molecule has 0 fully saturated rings. The summed E-state index contributed by atoms with van der Waals surface area (Å²) in [5.74, 6) is 1.27. The van der Waals surface area contributed by atoms with Crippen molar-refractivity contribution in [1.29, 1.82) is 0 Å². The average molecular weight is 591 g/mol. The number of hydrogen-bond acceptors (Lipinski definition) is 2. The van der Waals surface area contributed by atoms with Gasteiger partial charge >= 0.3 is 0 Å². The molecule has 46 heavy (non-hydrogen) atoms. The summed E-state index contributed by atoms with van der Waals surface area (Å²) in [4.78, 5) is 10.3. The van der Waals surface area contributed by atoms with Crippen molar-refractivity contribution in [1.82, 2.24) is 9.97 Å². The predicted octanol–water partition coefficient (Wildman–Crippen LogP) is 11.8. The van der Waals surface area contributed by atoms with Crippen LogP contribution in [0.3, 0.4) is 0 Å². The molecule has 1 aliphatic carbocycles. The van der Waals surface area contributed by atoms with E-state index in [0.717, 1.165) is 40.3 Å². The van der Waals surface area contributed by atoms with Gasteiger partial charge in [0.1, 0.15) is 0 Å². The number of hydrogen-bond donors (Lipinski definition) is 0. The molecule has 0 amide bonds. The van der Waals surface area contributed by atoms with Crippen LogP contribution in [0.2, 0.25) is 0 Å². The SMILES string of the molecule is CC1=CC(C)CC=C1c1cc(-c2cc(-c3ccccc3)nc(-c3ccccc3)n2)cc(-c2cc3ccccc3c3ccccc23)c1. The van der Waals surface area contributed by atoms with Crippen LogP contribution in [-0.2, 0) is 0 Å². The normalized spacial score (nSPS) is 14.7. The Labute approximate surface area is 270 Å². The van der Waals surface area contributed by atoms with Crippen molar-refractivity contribution in [2.24, 2.45) is 5.92 Å². The molecule has 0 saturated heterocycles. The molecule has 1 aromatic heterocycles. The Morgan fingerprint density at radius 1 is 0.522 bits per heavy atom. The molecule has 1 heterocycles. The van der Waals surface area contributed by atoms with Gasteiger partial charge in [0.05, 0.1) is 11.4 Å². The number of benzene rings is 6. The monoisotopic (exact) mass is 590 g/mol. The van der Waals surface area contributed by atoms with Crippen LogP contribution >= 0.6 is 0 Å². The summed E-state index contributed by atoms with van der Waals surface area (Å²) < 4.78 is 0. The molecule has 8 rings (SSSR count). The zero-order valence-corrected chi connectivity index (χ0v) is 26.1. The van der Waals surface area contributed by atoms with Gasteiger partial charge in [-0.3, -0.25) is 0 Å². The third kappa shape index (κ3) is 5.22. The van der Waals surface area contributed by atoms with Gasteiger partial charge in [0.25, 0.3) is 0 Å². The number of allylic oxidation sites excluding steroid dienone is 4. The molecular weight excluding hydrogens is 556 g/mol. The Hall–Kier alpha value is -5.60. The van der Waals surface area contributed by atoms with Crippen LogP contribution in [-0.4, -0.2) is 9.97 Å². The lowest BCUT2D eigenvalue weighted by Gasteiger charge is -2.20. The highest BCUT2D eigenvalue weighted by Gasteiger charge is 2.18. The molecule has 0 N–H and O–H groups in total. The minimum atomic E-state index is 0.541. The highest BCUT2D eigenvalue weighted by Crippen LogP contribution is 2.40. The molecule has 0 spiro atoms. The van der Waals surface area contributed by atoms with E-state index < -0.39 is 0 Å². The highest BCUT2D eigenvalue weighted by atomic mass is 14.9. The van der Waals surface area contributed by atoms with Crippen LogP contribution in [0.5, 0.6) is 0 Å². The smallest absolute Gasteiger partial charge is 0.160 e. The highest BCUT2D eigenvalue weighted by molar-refractivity contribution is 6.14. The van der Waals surface area contributed by atoms with E-state index >= 15 is 0 Å². The summed E-state index contributed by atoms with van der Waals surface area (Å²) in [6.45, 7) is 4.53. The van der Waals surface area contributed by atoms with Crippen molar-refractivity contribution < 1.29 is 0 Å². The summed E-state index contributed by atoms with van der Waals surface area (Å²) in [5, 5.41) is 5.03. The van der Waals surface area contributed by atoms with Gasteiger partial charge in [-0.2, -0.15) is 0 Å². The van der Waals surface area contributed by atoms with Crippen molar-refractivity contribution in [3.63, 3.8) is 0 Å². The molecule has 7 aromatic rings. The number of fused-ring (bicyclic) bond motifs is 3. The fourth-order valence-electron chi connectivity index (χ4n) is 6.84. The van der Waals surface area contributed by atoms with Crippen LogP contribution in [0.1, 0.15) is 25.8 Å². The number of nitrogens with zero attached hydrogens (tertiary/aromatic N) is 2. The summed E-state index contributed by atoms with van der Waals surface area (Å²) in [5.41, 5.74) is 11.2. The molecule has 1 atom stereocenters. The van der Waals surface area contributed by atoms with E-state index in [0.29, 0.717) is 5.92 Å². The van der Waals surface area contributed by atoms with Gasteiger partial charge in [0.2, 0.25) is 0 Å². The zero-order chi connectivity index (χ0) is 31.0. The third-order valence-corrected chi connectivity index (χ3v) is 9.10. The van der Waals surface area contributed by atoms with E-state index in [4.69, 9.17) is 9.97 Å². The second-order valence-electron chi connectivity index (χ2n) is 12.4. The molecule has 0 saturated carbocycles. The molecule has 0 aliphatic heterocycles. The van der Waals surface area contributed by atoms with Crippen molar-refractivity contribution in [2.75, 3.05) is 0 Å². The van der Waals surface area contributed by atoms with Crippen LogP contribution in [0.15, 0.2) is 157 Å². The fraction of sp³-hybridized carbons (Fsp3) is 0.0909. The van der Waals surface area contributed by atoms with Gasteiger partial charge in [-0.15, -0.1) is 0 Å². The molecule has 1 aliphatic rings. The Kier molecular flexibility index (Phi) is 7.11. The van der Waals surface area contributed by atoms with Crippen LogP contribution in [0.25, 0.3) is 72.1 Å². The molecule has 0 radical (unpaired) electrons. The van der Waals surface area contributed by atoms with Crippen LogP contribution < -0.4 is 0 Å². The second kappa shape index (κ2) is 11.7. The van der Waals surface area contributed by atoms with Crippen molar-refractivity contribution in [3.05, 3.63) is 163 Å². The van der Waals surface area contributed by atoms with E-state index in [1.54, 1.807) is 0 Å². The first-order chi connectivity index (χ1) is 22.6. The quantitative estimate of drug-likeness (QED) is 0.186. The maximum atomic E-state index is 5.22. The first-order valence-corrected chi connectivity index (χ1v) is 16.1. The summed E-state index contributed by atoms with van der Waals surface area (Å²) in [7, 11) is 0. The van der Waals surface area contributed by atoms with Gasteiger partial charge in [0, 0.05) is 16.7 Å². The molecular formula is C44H34N2. The van der Waals surface area contributed by atoms with Gasteiger partial charge in [-0.1, -0.05) is 128 Å². The van der Waals surface area contributed by atoms with E-state index in [1.807, 2.05) is 24.3 Å². The lowest BCUT2D eigenvalue weighted by Crippen LogP contribution is -2.01. The Morgan fingerprint density at radius 2 is 1.11 bits per heavy atom. The minimum absolute atomic E-state index is 0.541. The van der Waals surface area contributed by atoms with Gasteiger partial charge in [-0.05, 0) is 99.0 Å². The molecule has 6 aromatic carbocycles. The maximum Gasteiger partial charge on any atom is 0.160 e. The molecule has 1 unspecified atom stereocenters. The largest absolute Gasteiger partial charge is 0.228 e. The second-order valence-corrected chi connectivity index (χ2v) is 12.4. The summed E-state index contributed by atoms with van der Waals surface area (Å²) in [6.07, 6.45) is 5.85. The van der Waals surface area contributed by atoms with Crippen molar-refractivity contribution in [3.8, 4) is 45.0 Å². The molecule has 0 bridgehead atoms. The van der Waals surface area contributed by atoms with E-state index in [-0.39, 0.29) is 0 Å². The van der Waals surface area contributed by atoms with Crippen molar-refractivity contribution >= 4 is 27.1 Å². The Balaban J connectivity index is 1.40. The van der Waals surface area contributed by atoms with Gasteiger partial charge < -0.3 is 0 Å². The zero-order valence-electron chi connectivity index (χ0n) is 26.1. The molecule has 220 valence electrons. The standard InChI is InChI=1S/C44H34N2/c1-29-21-22-37(30(2)23-29)34-24-35(41-27-33-17-9-10-18-38(33)39-19-11-12-20-40(39)41)26-36(25-34)43-28-42(31-13-5-3-6-14-31)45-44(46-43)32-15-7-4-8-16-32/h3-20,22-29H,21H2,1-2H3. The van der Waals surface area contributed by atoms with Gasteiger partial charge in [-0.25, -0.2) is 9.97 Å². The van der Waals surface area contributed by atoms with E-state index in [2.05, 4.69) is 141 Å². The lowest BCUT2D eigenvalue weighted by atomic mass is 9.85. The first kappa shape index (κ1) is 27.9.